The molecule has 0 saturated carbocycles. The van der Waals surface area contributed by atoms with Crippen LogP contribution in [0.2, 0.25) is 0 Å². The van der Waals surface area contributed by atoms with Gasteiger partial charge in [-0.3, -0.25) is 37.3 Å². The number of esters is 4. The van der Waals surface area contributed by atoms with Gasteiger partial charge in [0.25, 0.3) is 0 Å². The lowest BCUT2D eigenvalue weighted by Crippen LogP contribution is -2.30. The first-order valence-corrected chi connectivity index (χ1v) is 42.4. The Balaban J connectivity index is 5.17. The Morgan fingerprint density at radius 2 is 0.562 bits per heavy atom. The largest absolute Gasteiger partial charge is 0.472 e. The highest BCUT2D eigenvalue weighted by atomic mass is 31.2. The van der Waals surface area contributed by atoms with Crippen LogP contribution in [-0.4, -0.2) is 96.7 Å². The predicted molar refractivity (Wildman–Crippen MR) is 391 cm³/mol. The van der Waals surface area contributed by atoms with E-state index in [2.05, 4.69) is 58.9 Å². The number of rotatable bonds is 75. The second-order valence-electron chi connectivity index (χ2n) is 27.5. The van der Waals surface area contributed by atoms with Crippen molar-refractivity contribution in [2.45, 2.75) is 400 Å². The Morgan fingerprint density at radius 3 is 0.854 bits per heavy atom. The first-order chi connectivity index (χ1) is 46.5. The molecule has 0 fully saturated rings. The number of hydrogen-bond donors (Lipinski definition) is 3. The van der Waals surface area contributed by atoms with Crippen LogP contribution in [-0.2, 0) is 65.4 Å². The van der Waals surface area contributed by atoms with Crippen molar-refractivity contribution in [2.75, 3.05) is 39.6 Å². The summed E-state index contributed by atoms with van der Waals surface area (Å²) in [5.74, 6) is -1.36. The maximum atomic E-state index is 13.1. The fourth-order valence-electron chi connectivity index (χ4n) is 11.3. The topological polar surface area (TPSA) is 237 Å². The molecule has 17 nitrogen and oxygen atoms in total. The highest BCUT2D eigenvalue weighted by Gasteiger charge is 2.30. The van der Waals surface area contributed by atoms with Crippen LogP contribution in [0.25, 0.3) is 0 Å². The van der Waals surface area contributed by atoms with Crippen LogP contribution < -0.4 is 0 Å². The third-order valence-corrected chi connectivity index (χ3v) is 19.3. The molecule has 0 radical (unpaired) electrons. The quantitative estimate of drug-likeness (QED) is 0.0169. The number of ether oxygens (including phenoxy) is 4. The number of hydrogen-bond acceptors (Lipinski definition) is 15. The monoisotopic (exact) mass is 1410 g/mol. The van der Waals surface area contributed by atoms with E-state index in [1.807, 2.05) is 0 Å². The Kier molecular flexibility index (Phi) is 67.8. The third-order valence-electron chi connectivity index (χ3n) is 17.4. The number of unbranched alkanes of at least 4 members (excludes halogenated alkanes) is 44. The Labute approximate surface area is 586 Å². The Hall–Kier alpha value is -2.46. The summed E-state index contributed by atoms with van der Waals surface area (Å²) in [5, 5.41) is 10.6. The van der Waals surface area contributed by atoms with E-state index in [1.54, 1.807) is 0 Å². The molecular weight excluding hydrogens is 1260 g/mol. The van der Waals surface area contributed by atoms with Crippen molar-refractivity contribution in [3.63, 3.8) is 0 Å². The number of phosphoric acid groups is 2. The number of allylic oxidation sites excluding steroid dienone is 4. The Morgan fingerprint density at radius 1 is 0.323 bits per heavy atom. The van der Waals surface area contributed by atoms with E-state index >= 15 is 0 Å². The van der Waals surface area contributed by atoms with E-state index in [0.717, 1.165) is 115 Å². The van der Waals surface area contributed by atoms with Gasteiger partial charge in [0.15, 0.2) is 12.2 Å². The maximum Gasteiger partial charge on any atom is 0.472 e. The van der Waals surface area contributed by atoms with Crippen molar-refractivity contribution in [1.29, 1.82) is 0 Å². The van der Waals surface area contributed by atoms with Crippen molar-refractivity contribution < 1.29 is 80.2 Å². The van der Waals surface area contributed by atoms with Crippen LogP contribution in [0.1, 0.15) is 381 Å². The van der Waals surface area contributed by atoms with Crippen molar-refractivity contribution in [2.24, 2.45) is 5.92 Å². The first kappa shape index (κ1) is 93.5. The van der Waals surface area contributed by atoms with E-state index in [9.17, 15) is 43.2 Å². The molecule has 2 unspecified atom stereocenters. The molecule has 96 heavy (non-hydrogen) atoms. The van der Waals surface area contributed by atoms with E-state index in [4.69, 9.17) is 37.0 Å². The molecule has 0 aromatic heterocycles. The highest BCUT2D eigenvalue weighted by Crippen LogP contribution is 2.45. The van der Waals surface area contributed by atoms with Gasteiger partial charge in [-0.2, -0.15) is 0 Å². The summed E-state index contributed by atoms with van der Waals surface area (Å²) < 4.78 is 68.3. The second kappa shape index (κ2) is 69.6. The molecule has 0 aliphatic carbocycles. The summed E-state index contributed by atoms with van der Waals surface area (Å²) in [6, 6.07) is 0. The predicted octanol–water partition coefficient (Wildman–Crippen LogP) is 22.4. The molecule has 3 N–H and O–H groups in total. The molecule has 0 aromatic carbocycles. The molecular formula is C77H146O17P2. The van der Waals surface area contributed by atoms with Crippen LogP contribution in [0, 0.1) is 5.92 Å². The van der Waals surface area contributed by atoms with E-state index in [-0.39, 0.29) is 25.7 Å². The third kappa shape index (κ3) is 70.0. The first-order valence-electron chi connectivity index (χ1n) is 39.5. The second-order valence-corrected chi connectivity index (χ2v) is 30.4. The van der Waals surface area contributed by atoms with Crippen molar-refractivity contribution in [3.8, 4) is 0 Å². The van der Waals surface area contributed by atoms with Crippen LogP contribution in [0.5, 0.6) is 0 Å². The van der Waals surface area contributed by atoms with Gasteiger partial charge >= 0.3 is 39.5 Å². The highest BCUT2D eigenvalue weighted by molar-refractivity contribution is 7.47. The molecule has 0 aromatic rings. The van der Waals surface area contributed by atoms with Gasteiger partial charge in [-0.15, -0.1) is 0 Å². The van der Waals surface area contributed by atoms with Gasteiger partial charge in [0, 0.05) is 25.7 Å². The summed E-state index contributed by atoms with van der Waals surface area (Å²) in [5.41, 5.74) is 0. The summed E-state index contributed by atoms with van der Waals surface area (Å²) in [6.45, 7) is 7.17. The lowest BCUT2D eigenvalue weighted by molar-refractivity contribution is -0.161. The summed E-state index contributed by atoms with van der Waals surface area (Å²) in [7, 11) is -9.91. The minimum absolute atomic E-state index is 0.0844. The van der Waals surface area contributed by atoms with Crippen molar-refractivity contribution in [1.82, 2.24) is 0 Å². The zero-order valence-electron chi connectivity index (χ0n) is 62.0. The minimum atomic E-state index is -4.96. The van der Waals surface area contributed by atoms with Crippen LogP contribution in [0.3, 0.4) is 0 Å². The van der Waals surface area contributed by atoms with Gasteiger partial charge in [-0.25, -0.2) is 9.13 Å². The molecule has 0 heterocycles. The molecule has 0 spiro atoms. The maximum absolute atomic E-state index is 13.1. The molecule has 0 rings (SSSR count). The standard InChI is InChI=1S/C77H146O17P2/c1-6-9-12-15-17-19-21-23-25-26-27-28-30-36-40-44-48-53-58-63-77(82)94-73(67-88-75(80)61-56-51-46-42-38-34-32-31-33-37-41-45-50-54-59-70(4)5)69-92-96(85,86)90-65-71(78)64-89-95(83,84)91-68-72(66-87-74(79)60-55-49-14-11-8-3)93-76(81)62-57-52-47-43-39-35-29-24-22-20-18-16-13-10-7-2/h20,22,24,29,70-73,78H,6-19,21,23,25-28,30-69H2,1-5H3,(H,83,84)(H,85,86)/b22-20-,29-24-/t71-,72+,73+/m0/s1. The van der Waals surface area contributed by atoms with Gasteiger partial charge < -0.3 is 33.8 Å². The van der Waals surface area contributed by atoms with Gasteiger partial charge in [0.05, 0.1) is 26.4 Å². The molecule has 0 saturated heterocycles. The number of carbonyl (C=O) groups excluding carboxylic acids is 4. The fraction of sp³-hybridized carbons (Fsp3) is 0.896. The molecule has 0 aliphatic rings. The molecule has 19 heteroatoms. The molecule has 5 atom stereocenters. The minimum Gasteiger partial charge on any atom is -0.462 e. The van der Waals surface area contributed by atoms with Crippen molar-refractivity contribution >= 4 is 39.5 Å². The van der Waals surface area contributed by atoms with Crippen LogP contribution in [0.4, 0.5) is 0 Å². The van der Waals surface area contributed by atoms with Gasteiger partial charge in [-0.1, -0.05) is 329 Å². The smallest absolute Gasteiger partial charge is 0.462 e. The average Bonchev–Trinajstić information content (AvgIpc) is 1.13. The van der Waals surface area contributed by atoms with E-state index in [1.165, 1.54) is 186 Å². The molecule has 0 aliphatic heterocycles. The van der Waals surface area contributed by atoms with E-state index < -0.39 is 97.5 Å². The zero-order valence-corrected chi connectivity index (χ0v) is 63.8. The van der Waals surface area contributed by atoms with Crippen LogP contribution >= 0.6 is 15.6 Å². The lowest BCUT2D eigenvalue weighted by Gasteiger charge is -2.21. The zero-order chi connectivity index (χ0) is 70.5. The average molecular weight is 1410 g/mol. The summed E-state index contributed by atoms with van der Waals surface area (Å²) in [6.07, 6.45) is 62.3. The molecule has 0 amide bonds. The number of aliphatic hydroxyl groups excluding tert-OH is 1. The van der Waals surface area contributed by atoms with Gasteiger partial charge in [0.1, 0.15) is 19.3 Å². The SMILES string of the molecule is CCCCCC/C=C\C=C/CCCCCCCC(=O)O[C@H](COC(=O)CCCCCCC)COP(=O)(O)OC[C@H](O)COP(=O)(O)OC[C@@H](COC(=O)CCCCCCCCCCCCCCCCC(C)C)OC(=O)CCCCCCCCCCCCCCCCCCCCC. The molecule has 566 valence electrons. The van der Waals surface area contributed by atoms with Crippen molar-refractivity contribution in [3.05, 3.63) is 24.3 Å². The summed E-state index contributed by atoms with van der Waals surface area (Å²) >= 11 is 0. The van der Waals surface area contributed by atoms with Gasteiger partial charge in [-0.05, 0) is 57.3 Å². The number of carbonyl (C=O) groups is 4. The normalized spacial score (nSPS) is 14.1. The molecule has 0 bridgehead atoms. The number of aliphatic hydroxyl groups is 1. The van der Waals surface area contributed by atoms with Gasteiger partial charge in [0.2, 0.25) is 0 Å². The Bertz CT molecular complexity index is 1930. The van der Waals surface area contributed by atoms with Crippen LogP contribution in [0.15, 0.2) is 24.3 Å². The van der Waals surface area contributed by atoms with E-state index in [0.29, 0.717) is 25.7 Å². The number of phosphoric ester groups is 2. The lowest BCUT2D eigenvalue weighted by atomic mass is 10.0. The fourth-order valence-corrected chi connectivity index (χ4v) is 12.9. The summed E-state index contributed by atoms with van der Waals surface area (Å²) in [4.78, 5) is 72.5.